The van der Waals surface area contributed by atoms with Gasteiger partial charge in [0.25, 0.3) is 0 Å². The first-order valence-corrected chi connectivity index (χ1v) is 7.00. The van der Waals surface area contributed by atoms with Crippen LogP contribution >= 0.6 is 0 Å². The fourth-order valence-corrected chi connectivity index (χ4v) is 2.40. The second-order valence-corrected chi connectivity index (χ2v) is 5.11. The van der Waals surface area contributed by atoms with Crippen molar-refractivity contribution in [2.75, 3.05) is 13.2 Å². The third-order valence-electron chi connectivity index (χ3n) is 3.74. The summed E-state index contributed by atoms with van der Waals surface area (Å²) in [5, 5.41) is 21.5. The van der Waals surface area contributed by atoms with Gasteiger partial charge in [0.2, 0.25) is 0 Å². The zero-order valence-electron chi connectivity index (χ0n) is 12.2. The van der Waals surface area contributed by atoms with Gasteiger partial charge in [-0.05, 0) is 43.9 Å². The fraction of sp³-hybridized carbons (Fsp3) is 0.667. The van der Waals surface area contributed by atoms with E-state index in [1.165, 1.54) is 5.56 Å². The van der Waals surface area contributed by atoms with Gasteiger partial charge >= 0.3 is 0 Å². The lowest BCUT2D eigenvalue weighted by atomic mass is 10.0. The Balaban J connectivity index is 2.50. The summed E-state index contributed by atoms with van der Waals surface area (Å²) in [6.07, 6.45) is 3.15. The van der Waals surface area contributed by atoms with Crippen LogP contribution in [-0.4, -0.2) is 22.8 Å². The Bertz CT molecular complexity index is 425. The van der Waals surface area contributed by atoms with Crippen molar-refractivity contribution >= 4 is 0 Å². The van der Waals surface area contributed by atoms with Crippen molar-refractivity contribution in [3.05, 3.63) is 23.0 Å². The molecule has 0 radical (unpaired) electrons. The normalized spacial score (nSPS) is 12.4. The molecule has 1 rings (SSSR count). The molecule has 0 amide bonds. The van der Waals surface area contributed by atoms with E-state index in [2.05, 4.69) is 18.3 Å². The summed E-state index contributed by atoms with van der Waals surface area (Å²) in [5.41, 5.74) is 3.02. The molecule has 19 heavy (non-hydrogen) atoms. The maximum absolute atomic E-state index is 9.03. The Morgan fingerprint density at radius 1 is 1.47 bits per heavy atom. The van der Waals surface area contributed by atoms with Crippen LogP contribution in [0.25, 0.3) is 0 Å². The van der Waals surface area contributed by atoms with Crippen LogP contribution in [-0.2, 0) is 13.6 Å². The molecule has 4 nitrogen and oxygen atoms in total. The molecule has 0 aliphatic carbocycles. The third-order valence-corrected chi connectivity index (χ3v) is 3.74. The Morgan fingerprint density at radius 2 is 2.21 bits per heavy atom. The summed E-state index contributed by atoms with van der Waals surface area (Å²) in [5.74, 6) is 0.537. The predicted molar refractivity (Wildman–Crippen MR) is 76.7 cm³/mol. The molecule has 1 aromatic heterocycles. The molecule has 0 fully saturated rings. The van der Waals surface area contributed by atoms with Crippen LogP contribution in [0.5, 0.6) is 0 Å². The quantitative estimate of drug-likeness (QED) is 0.755. The highest BCUT2D eigenvalue weighted by molar-refractivity contribution is 5.33. The molecule has 1 aromatic rings. The molecule has 2 N–H and O–H groups in total. The number of aliphatic hydroxyl groups excluding tert-OH is 1. The predicted octanol–water partition coefficient (Wildman–Crippen LogP) is 2.09. The first-order chi connectivity index (χ1) is 9.13. The van der Waals surface area contributed by atoms with E-state index in [0.29, 0.717) is 11.6 Å². The summed E-state index contributed by atoms with van der Waals surface area (Å²) in [4.78, 5) is 0. The van der Waals surface area contributed by atoms with Crippen LogP contribution in [0.1, 0.15) is 43.1 Å². The highest BCUT2D eigenvalue weighted by Crippen LogP contribution is 2.14. The number of nitriles is 1. The fourth-order valence-electron chi connectivity index (χ4n) is 2.40. The van der Waals surface area contributed by atoms with Crippen LogP contribution in [0, 0.1) is 24.2 Å². The minimum Gasteiger partial charge on any atom is -0.396 e. The number of hydrogen-bond acceptors (Lipinski definition) is 3. The average molecular weight is 263 g/mol. The monoisotopic (exact) mass is 263 g/mol. The second kappa shape index (κ2) is 7.98. The molecule has 0 aromatic carbocycles. The van der Waals surface area contributed by atoms with E-state index in [1.54, 1.807) is 0 Å². The van der Waals surface area contributed by atoms with Crippen molar-refractivity contribution in [1.82, 2.24) is 9.88 Å². The van der Waals surface area contributed by atoms with Gasteiger partial charge in [0.15, 0.2) is 0 Å². The number of aromatic nitrogens is 1. The topological polar surface area (TPSA) is 61.0 Å². The first kappa shape index (κ1) is 15.7. The van der Waals surface area contributed by atoms with Gasteiger partial charge in [-0.3, -0.25) is 0 Å². The first-order valence-electron chi connectivity index (χ1n) is 7.00. The number of aliphatic hydroxyl groups is 1. The Morgan fingerprint density at radius 3 is 2.74 bits per heavy atom. The van der Waals surface area contributed by atoms with Gasteiger partial charge in [0, 0.05) is 25.9 Å². The van der Waals surface area contributed by atoms with Gasteiger partial charge in [0.05, 0.1) is 0 Å². The maximum Gasteiger partial charge on any atom is 0.120 e. The van der Waals surface area contributed by atoms with Crippen LogP contribution < -0.4 is 5.32 Å². The van der Waals surface area contributed by atoms with Crippen molar-refractivity contribution in [2.24, 2.45) is 13.0 Å². The van der Waals surface area contributed by atoms with Gasteiger partial charge in [0.1, 0.15) is 11.8 Å². The largest absolute Gasteiger partial charge is 0.396 e. The Labute approximate surface area is 116 Å². The van der Waals surface area contributed by atoms with E-state index in [-0.39, 0.29) is 6.61 Å². The van der Waals surface area contributed by atoms with Gasteiger partial charge in [-0.2, -0.15) is 5.26 Å². The molecular weight excluding hydrogens is 238 g/mol. The van der Waals surface area contributed by atoms with Crippen molar-refractivity contribution in [3.8, 4) is 6.07 Å². The summed E-state index contributed by atoms with van der Waals surface area (Å²) < 4.78 is 1.92. The van der Waals surface area contributed by atoms with E-state index in [0.717, 1.165) is 38.0 Å². The molecule has 0 spiro atoms. The van der Waals surface area contributed by atoms with Crippen molar-refractivity contribution in [2.45, 2.75) is 39.7 Å². The van der Waals surface area contributed by atoms with E-state index in [4.69, 9.17) is 10.4 Å². The number of rotatable bonds is 8. The minimum atomic E-state index is 0.259. The van der Waals surface area contributed by atoms with Gasteiger partial charge in [-0.15, -0.1) is 0 Å². The standard InChI is InChI=1S/C15H25N3O/c1-4-5-13(6-7-19)10-17-11-14-8-15(9-16)18(3)12(14)2/h8,13,17,19H,4-7,10-11H2,1-3H3. The average Bonchev–Trinajstić information content (AvgIpc) is 2.67. The molecule has 0 bridgehead atoms. The molecule has 0 aliphatic rings. The Kier molecular flexibility index (Phi) is 6.61. The minimum absolute atomic E-state index is 0.259. The SMILES string of the molecule is CCCC(CCO)CNCc1cc(C#N)n(C)c1C. The van der Waals surface area contributed by atoms with Crippen molar-refractivity contribution < 1.29 is 5.11 Å². The lowest BCUT2D eigenvalue weighted by molar-refractivity contribution is 0.248. The number of hydrogen-bond donors (Lipinski definition) is 2. The van der Waals surface area contributed by atoms with Crippen molar-refractivity contribution in [3.63, 3.8) is 0 Å². The molecule has 0 aliphatic heterocycles. The molecule has 1 atom stereocenters. The third kappa shape index (κ3) is 4.38. The molecule has 106 valence electrons. The smallest absolute Gasteiger partial charge is 0.120 e. The lowest BCUT2D eigenvalue weighted by Gasteiger charge is -2.15. The highest BCUT2D eigenvalue weighted by Gasteiger charge is 2.10. The molecule has 1 unspecified atom stereocenters. The van der Waals surface area contributed by atoms with Gasteiger partial charge < -0.3 is 15.0 Å². The van der Waals surface area contributed by atoms with E-state index >= 15 is 0 Å². The highest BCUT2D eigenvalue weighted by atomic mass is 16.3. The summed E-state index contributed by atoms with van der Waals surface area (Å²) in [7, 11) is 1.92. The van der Waals surface area contributed by atoms with E-state index in [1.807, 2.05) is 24.6 Å². The molecule has 1 heterocycles. The molecule has 0 saturated carbocycles. The van der Waals surface area contributed by atoms with Crippen LogP contribution in [0.3, 0.4) is 0 Å². The Hall–Kier alpha value is -1.31. The number of nitrogens with one attached hydrogen (secondary N) is 1. The van der Waals surface area contributed by atoms with Crippen LogP contribution in [0.4, 0.5) is 0 Å². The van der Waals surface area contributed by atoms with Crippen molar-refractivity contribution in [1.29, 1.82) is 5.26 Å². The van der Waals surface area contributed by atoms with Gasteiger partial charge in [-0.25, -0.2) is 0 Å². The van der Waals surface area contributed by atoms with Crippen LogP contribution in [0.2, 0.25) is 0 Å². The second-order valence-electron chi connectivity index (χ2n) is 5.11. The lowest BCUT2D eigenvalue weighted by Crippen LogP contribution is -2.23. The molecule has 0 saturated heterocycles. The summed E-state index contributed by atoms with van der Waals surface area (Å²) >= 11 is 0. The van der Waals surface area contributed by atoms with Gasteiger partial charge in [-0.1, -0.05) is 13.3 Å². The zero-order valence-corrected chi connectivity index (χ0v) is 12.2. The number of nitrogens with zero attached hydrogens (tertiary/aromatic N) is 2. The summed E-state index contributed by atoms with van der Waals surface area (Å²) in [6, 6.07) is 4.15. The maximum atomic E-state index is 9.03. The van der Waals surface area contributed by atoms with Crippen LogP contribution in [0.15, 0.2) is 6.07 Å². The zero-order chi connectivity index (χ0) is 14.3. The summed E-state index contributed by atoms with van der Waals surface area (Å²) in [6.45, 7) is 6.17. The molecule has 4 heteroatoms. The molecular formula is C15H25N3O. The van der Waals surface area contributed by atoms with E-state index < -0.39 is 0 Å². The van der Waals surface area contributed by atoms with E-state index in [9.17, 15) is 0 Å².